The Morgan fingerprint density at radius 1 is 1.06 bits per heavy atom. The van der Waals surface area contributed by atoms with Crippen molar-refractivity contribution in [3.05, 3.63) is 70.3 Å². The van der Waals surface area contributed by atoms with Crippen LogP contribution in [0, 0.1) is 26.7 Å². The van der Waals surface area contributed by atoms with Crippen LogP contribution in [-0.2, 0) is 20.6 Å². The van der Waals surface area contributed by atoms with Gasteiger partial charge in [0.1, 0.15) is 0 Å². The zero-order valence-electron chi connectivity index (χ0n) is 19.0. The number of nitrogens with one attached hydrogen (secondary N) is 1. The second kappa shape index (κ2) is 9.96. The molecule has 168 valence electrons. The van der Waals surface area contributed by atoms with Crippen molar-refractivity contribution in [2.45, 2.75) is 58.8 Å². The SMILES string of the molecule is CC[C@H](NC(=O)C1CCN(S(=O)(=O)Cc2cccc(C)c2)CC1)c1ccc(C)cc1C. The quantitative estimate of drug-likeness (QED) is 0.690. The first kappa shape index (κ1) is 23.5. The average molecular weight is 443 g/mol. The minimum Gasteiger partial charge on any atom is -0.349 e. The smallest absolute Gasteiger partial charge is 0.223 e. The second-order valence-corrected chi connectivity index (χ2v) is 10.7. The third-order valence-electron chi connectivity index (χ3n) is 6.18. The molecule has 1 atom stereocenters. The van der Waals surface area contributed by atoms with Gasteiger partial charge >= 0.3 is 0 Å². The number of hydrogen-bond donors (Lipinski definition) is 1. The van der Waals surface area contributed by atoms with Crippen molar-refractivity contribution < 1.29 is 13.2 Å². The van der Waals surface area contributed by atoms with Gasteiger partial charge < -0.3 is 5.32 Å². The number of carbonyl (C=O) groups excluding carboxylic acids is 1. The highest BCUT2D eigenvalue weighted by molar-refractivity contribution is 7.88. The van der Waals surface area contributed by atoms with E-state index in [0.29, 0.717) is 25.9 Å². The van der Waals surface area contributed by atoms with E-state index >= 15 is 0 Å². The number of nitrogens with zero attached hydrogens (tertiary/aromatic N) is 1. The van der Waals surface area contributed by atoms with Crippen molar-refractivity contribution in [3.63, 3.8) is 0 Å². The monoisotopic (exact) mass is 442 g/mol. The third kappa shape index (κ3) is 5.95. The number of rotatable bonds is 7. The third-order valence-corrected chi connectivity index (χ3v) is 8.03. The number of aryl methyl sites for hydroxylation is 3. The van der Waals surface area contributed by atoms with Gasteiger partial charge in [-0.15, -0.1) is 0 Å². The van der Waals surface area contributed by atoms with E-state index in [1.807, 2.05) is 31.2 Å². The lowest BCUT2D eigenvalue weighted by molar-refractivity contribution is -0.126. The molecule has 0 bridgehead atoms. The predicted octanol–water partition coefficient (Wildman–Crippen LogP) is 4.42. The lowest BCUT2D eigenvalue weighted by Gasteiger charge is -2.31. The van der Waals surface area contributed by atoms with Gasteiger partial charge in [0.25, 0.3) is 0 Å². The highest BCUT2D eigenvalue weighted by atomic mass is 32.2. The van der Waals surface area contributed by atoms with Gasteiger partial charge in [-0.1, -0.05) is 60.5 Å². The fourth-order valence-electron chi connectivity index (χ4n) is 4.41. The largest absolute Gasteiger partial charge is 0.349 e. The van der Waals surface area contributed by atoms with E-state index in [1.165, 1.54) is 11.1 Å². The van der Waals surface area contributed by atoms with Crippen molar-refractivity contribution >= 4 is 15.9 Å². The Balaban J connectivity index is 1.58. The van der Waals surface area contributed by atoms with Gasteiger partial charge in [-0.05, 0) is 56.7 Å². The fraction of sp³-hybridized carbons (Fsp3) is 0.480. The molecule has 0 spiro atoms. The summed E-state index contributed by atoms with van der Waals surface area (Å²) in [4.78, 5) is 12.9. The van der Waals surface area contributed by atoms with Crippen LogP contribution in [0.2, 0.25) is 0 Å². The van der Waals surface area contributed by atoms with E-state index in [-0.39, 0.29) is 23.6 Å². The Labute approximate surface area is 186 Å². The van der Waals surface area contributed by atoms with E-state index in [1.54, 1.807) is 4.31 Å². The summed E-state index contributed by atoms with van der Waals surface area (Å²) in [7, 11) is -3.38. The average Bonchev–Trinajstić information content (AvgIpc) is 2.72. The summed E-state index contributed by atoms with van der Waals surface area (Å²) >= 11 is 0. The summed E-state index contributed by atoms with van der Waals surface area (Å²) in [6.45, 7) is 8.97. The molecule has 1 aliphatic heterocycles. The lowest BCUT2D eigenvalue weighted by Crippen LogP contribution is -2.44. The topological polar surface area (TPSA) is 66.5 Å². The molecule has 1 aliphatic rings. The summed E-state index contributed by atoms with van der Waals surface area (Å²) < 4.78 is 27.2. The highest BCUT2D eigenvalue weighted by Crippen LogP contribution is 2.26. The van der Waals surface area contributed by atoms with Crippen LogP contribution in [0.3, 0.4) is 0 Å². The zero-order chi connectivity index (χ0) is 22.6. The van der Waals surface area contributed by atoms with Crippen molar-refractivity contribution in [1.82, 2.24) is 9.62 Å². The molecule has 1 fully saturated rings. The number of piperidine rings is 1. The molecular formula is C25H34N2O3S. The molecule has 31 heavy (non-hydrogen) atoms. The first-order valence-corrected chi connectivity index (χ1v) is 12.7. The van der Waals surface area contributed by atoms with Gasteiger partial charge in [-0.3, -0.25) is 4.79 Å². The number of amides is 1. The molecule has 3 rings (SSSR count). The summed E-state index contributed by atoms with van der Waals surface area (Å²) in [5.41, 5.74) is 5.40. The fourth-order valence-corrected chi connectivity index (χ4v) is 5.96. The molecule has 1 heterocycles. The Hall–Kier alpha value is -2.18. The Morgan fingerprint density at radius 2 is 1.74 bits per heavy atom. The molecule has 0 radical (unpaired) electrons. The van der Waals surface area contributed by atoms with Crippen LogP contribution in [0.4, 0.5) is 0 Å². The minimum atomic E-state index is -3.38. The number of sulfonamides is 1. The molecular weight excluding hydrogens is 408 g/mol. The molecule has 5 nitrogen and oxygen atoms in total. The van der Waals surface area contributed by atoms with E-state index in [2.05, 4.69) is 44.3 Å². The number of carbonyl (C=O) groups is 1. The standard InChI is InChI=1S/C25H34N2O3S/c1-5-24(23-10-9-19(3)15-20(23)4)26-25(28)22-11-13-27(14-12-22)31(29,30)17-21-8-6-7-18(2)16-21/h6-10,15-16,22,24H,5,11-14,17H2,1-4H3,(H,26,28)/t24-/m0/s1. The molecule has 0 aliphatic carbocycles. The van der Waals surface area contributed by atoms with E-state index < -0.39 is 10.0 Å². The summed E-state index contributed by atoms with van der Waals surface area (Å²) in [6, 6.07) is 13.9. The molecule has 0 saturated carbocycles. The highest BCUT2D eigenvalue weighted by Gasteiger charge is 2.32. The normalized spacial score (nSPS) is 16.8. The van der Waals surface area contributed by atoms with E-state index in [4.69, 9.17) is 0 Å². The van der Waals surface area contributed by atoms with Gasteiger partial charge in [0.2, 0.25) is 15.9 Å². The van der Waals surface area contributed by atoms with Crippen LogP contribution in [0.1, 0.15) is 60.0 Å². The molecule has 1 amide bonds. The summed E-state index contributed by atoms with van der Waals surface area (Å²) in [5, 5.41) is 3.21. The van der Waals surface area contributed by atoms with Gasteiger partial charge in [-0.2, -0.15) is 0 Å². The molecule has 0 unspecified atom stereocenters. The molecule has 2 aromatic carbocycles. The predicted molar refractivity (Wildman–Crippen MR) is 125 cm³/mol. The van der Waals surface area contributed by atoms with Crippen LogP contribution in [0.15, 0.2) is 42.5 Å². The maximum Gasteiger partial charge on any atom is 0.223 e. The molecule has 1 saturated heterocycles. The zero-order valence-corrected chi connectivity index (χ0v) is 19.8. The van der Waals surface area contributed by atoms with Gasteiger partial charge in [0, 0.05) is 19.0 Å². The Bertz CT molecular complexity index is 1020. The molecule has 1 N–H and O–H groups in total. The summed E-state index contributed by atoms with van der Waals surface area (Å²) in [5.74, 6) is -0.108. The number of benzene rings is 2. The summed E-state index contributed by atoms with van der Waals surface area (Å²) in [6.07, 6.45) is 1.93. The van der Waals surface area contributed by atoms with Crippen LogP contribution in [0.5, 0.6) is 0 Å². The van der Waals surface area contributed by atoms with Crippen LogP contribution >= 0.6 is 0 Å². The van der Waals surface area contributed by atoms with Crippen LogP contribution in [0.25, 0.3) is 0 Å². The molecule has 2 aromatic rings. The van der Waals surface area contributed by atoms with Crippen molar-refractivity contribution in [2.24, 2.45) is 5.92 Å². The lowest BCUT2D eigenvalue weighted by atomic mass is 9.94. The van der Waals surface area contributed by atoms with Crippen LogP contribution in [-0.4, -0.2) is 31.7 Å². The first-order valence-electron chi connectivity index (χ1n) is 11.1. The maximum absolute atomic E-state index is 12.9. The van der Waals surface area contributed by atoms with Gasteiger partial charge in [0.05, 0.1) is 11.8 Å². The number of hydrogen-bond acceptors (Lipinski definition) is 3. The Kier molecular flexibility index (Phi) is 7.55. The second-order valence-electron chi connectivity index (χ2n) is 8.75. The van der Waals surface area contributed by atoms with Crippen LogP contribution < -0.4 is 5.32 Å². The Morgan fingerprint density at radius 3 is 2.35 bits per heavy atom. The van der Waals surface area contributed by atoms with Gasteiger partial charge in [-0.25, -0.2) is 12.7 Å². The maximum atomic E-state index is 12.9. The first-order chi connectivity index (χ1) is 14.7. The van der Waals surface area contributed by atoms with Crippen molar-refractivity contribution in [1.29, 1.82) is 0 Å². The van der Waals surface area contributed by atoms with E-state index in [0.717, 1.165) is 23.1 Å². The van der Waals surface area contributed by atoms with Gasteiger partial charge in [0.15, 0.2) is 0 Å². The minimum absolute atomic E-state index is 0.0101. The van der Waals surface area contributed by atoms with Crippen molar-refractivity contribution in [2.75, 3.05) is 13.1 Å². The molecule has 0 aromatic heterocycles. The molecule has 6 heteroatoms. The van der Waals surface area contributed by atoms with Crippen molar-refractivity contribution in [3.8, 4) is 0 Å². The van der Waals surface area contributed by atoms with E-state index in [9.17, 15) is 13.2 Å².